The predicted octanol–water partition coefficient (Wildman–Crippen LogP) is 3.84. The number of ether oxygens (including phenoxy) is 1. The van der Waals surface area contributed by atoms with Gasteiger partial charge < -0.3 is 14.3 Å². The van der Waals surface area contributed by atoms with Crippen LogP contribution in [0.1, 0.15) is 60.3 Å². The van der Waals surface area contributed by atoms with Crippen molar-refractivity contribution in [3.8, 4) is 0 Å². The number of carbonyl (C=O) groups excluding carboxylic acids is 3. The predicted molar refractivity (Wildman–Crippen MR) is 113 cm³/mol. The molecule has 1 aliphatic carbocycles. The summed E-state index contributed by atoms with van der Waals surface area (Å²) in [5.41, 5.74) is 1.18. The van der Waals surface area contributed by atoms with E-state index in [-0.39, 0.29) is 34.8 Å². The van der Waals surface area contributed by atoms with Gasteiger partial charge in [-0.2, -0.15) is 0 Å². The van der Waals surface area contributed by atoms with Gasteiger partial charge in [-0.25, -0.2) is 9.59 Å². The molecule has 0 aromatic rings. The third-order valence-electron chi connectivity index (χ3n) is 6.45. The lowest BCUT2D eigenvalue weighted by Crippen LogP contribution is -2.45. The Morgan fingerprint density at radius 3 is 2.34 bits per heavy atom. The smallest absolute Gasteiger partial charge is 0.342 e. The zero-order chi connectivity index (χ0) is 22.1. The molecule has 0 radical (unpaired) electrons. The number of esters is 2. The lowest BCUT2D eigenvalue weighted by atomic mass is 9.84. The Balaban J connectivity index is 2.55. The minimum Gasteiger partial charge on any atom is -0.410 e. The summed E-state index contributed by atoms with van der Waals surface area (Å²) in [5, 5.41) is 10.8. The van der Waals surface area contributed by atoms with Gasteiger partial charge in [0.05, 0.1) is 17.3 Å². The van der Waals surface area contributed by atoms with Crippen molar-refractivity contribution in [3.05, 3.63) is 22.8 Å². The van der Waals surface area contributed by atoms with E-state index in [1.807, 2.05) is 19.9 Å². The van der Waals surface area contributed by atoms with Crippen LogP contribution >= 0.6 is 0 Å². The topological polar surface area (TPSA) is 89.9 Å². The zero-order valence-corrected chi connectivity index (χ0v) is 19.6. The van der Waals surface area contributed by atoms with E-state index in [9.17, 15) is 19.5 Å². The molecule has 0 saturated carbocycles. The van der Waals surface area contributed by atoms with Gasteiger partial charge in [0.2, 0.25) is 0 Å². The average molecular weight is 423 g/mol. The molecule has 29 heavy (non-hydrogen) atoms. The van der Waals surface area contributed by atoms with Gasteiger partial charge in [-0.1, -0.05) is 40.2 Å². The largest absolute Gasteiger partial charge is 0.410 e. The van der Waals surface area contributed by atoms with Gasteiger partial charge in [0.1, 0.15) is 6.10 Å². The molecule has 7 heteroatoms. The number of Topliss-reactive ketones (excluding diaryl/α,β-unsaturated/α-hetero) is 1. The zero-order valence-electron chi connectivity index (χ0n) is 18.6. The number of ketones is 1. The number of hydrogen-bond acceptors (Lipinski definition) is 6. The van der Waals surface area contributed by atoms with Crippen molar-refractivity contribution in [2.75, 3.05) is 0 Å². The SMILES string of the molecule is C/C=C1/CC2=C(C(=O)OC2=O)[C@H](CCC)[C@@H](O)C(=O)C[C@H]1O[Si](C)(C)C(C)(C)C. The fourth-order valence-corrected chi connectivity index (χ4v) is 4.96. The number of allylic oxidation sites excluding steroid dienone is 1. The summed E-state index contributed by atoms with van der Waals surface area (Å²) in [5.74, 6) is -2.52. The first kappa shape index (κ1) is 23.7. The number of aliphatic hydroxyl groups is 1. The molecule has 0 bridgehead atoms. The molecule has 1 heterocycles. The lowest BCUT2D eigenvalue weighted by molar-refractivity contribution is -0.151. The monoisotopic (exact) mass is 422 g/mol. The summed E-state index contributed by atoms with van der Waals surface area (Å²) in [6, 6.07) is 0. The third-order valence-corrected chi connectivity index (χ3v) is 10.9. The van der Waals surface area contributed by atoms with Crippen LogP contribution in [0.15, 0.2) is 22.8 Å². The van der Waals surface area contributed by atoms with Gasteiger partial charge in [-0.15, -0.1) is 0 Å². The highest BCUT2D eigenvalue weighted by molar-refractivity contribution is 6.74. The van der Waals surface area contributed by atoms with Crippen LogP contribution in [0.4, 0.5) is 0 Å². The van der Waals surface area contributed by atoms with E-state index in [1.54, 1.807) is 0 Å². The molecule has 0 saturated heterocycles. The van der Waals surface area contributed by atoms with Crippen LogP contribution in [-0.2, 0) is 23.5 Å². The van der Waals surface area contributed by atoms with Crippen molar-refractivity contribution in [2.24, 2.45) is 5.92 Å². The molecular formula is C22H34O6Si. The van der Waals surface area contributed by atoms with Gasteiger partial charge in [-0.3, -0.25) is 4.79 Å². The van der Waals surface area contributed by atoms with Crippen LogP contribution in [0.25, 0.3) is 0 Å². The lowest BCUT2D eigenvalue weighted by Gasteiger charge is -2.40. The number of hydrogen-bond donors (Lipinski definition) is 1. The fraction of sp³-hybridized carbons (Fsp3) is 0.682. The maximum absolute atomic E-state index is 13.0. The Morgan fingerprint density at radius 1 is 1.21 bits per heavy atom. The van der Waals surface area contributed by atoms with Crippen LogP contribution in [0.5, 0.6) is 0 Å². The van der Waals surface area contributed by atoms with Crippen LogP contribution in [0, 0.1) is 5.92 Å². The second kappa shape index (κ2) is 8.66. The van der Waals surface area contributed by atoms with E-state index in [4.69, 9.17) is 9.16 Å². The number of cyclic esters (lactones) is 2. The Labute approximate surface area is 174 Å². The van der Waals surface area contributed by atoms with Crippen molar-refractivity contribution in [2.45, 2.75) is 90.6 Å². The van der Waals surface area contributed by atoms with Crippen LogP contribution in [0.3, 0.4) is 0 Å². The molecule has 2 aliphatic rings. The molecule has 0 aromatic heterocycles. The van der Waals surface area contributed by atoms with E-state index in [0.717, 1.165) is 5.57 Å². The summed E-state index contributed by atoms with van der Waals surface area (Å²) in [6.07, 6.45) is 1.24. The highest BCUT2D eigenvalue weighted by Crippen LogP contribution is 2.41. The Bertz CT molecular complexity index is 756. The summed E-state index contributed by atoms with van der Waals surface area (Å²) >= 11 is 0. The molecular weight excluding hydrogens is 388 g/mol. The van der Waals surface area contributed by atoms with Crippen molar-refractivity contribution >= 4 is 26.0 Å². The standard InChI is InChI=1S/C22H34O6Si/c1-8-10-14-18-15(20(25)27-21(18)26)11-13(9-2)17(12-16(23)19(14)24)28-29(6,7)22(3,4)5/h9,14,17,19,24H,8,10-12H2,1-7H3/b13-9-/t14-,17+,19+/m0/s1. The number of rotatable bonds is 4. The van der Waals surface area contributed by atoms with Crippen LogP contribution < -0.4 is 0 Å². The fourth-order valence-electron chi connectivity index (χ4n) is 3.66. The molecule has 0 unspecified atom stereocenters. The summed E-state index contributed by atoms with van der Waals surface area (Å²) in [7, 11) is -2.23. The van der Waals surface area contributed by atoms with Gasteiger partial charge in [0, 0.05) is 18.8 Å². The normalized spacial score (nSPS) is 28.2. The Hall–Kier alpha value is -1.57. The highest BCUT2D eigenvalue weighted by atomic mass is 28.4. The first-order valence-electron chi connectivity index (χ1n) is 10.4. The van der Waals surface area contributed by atoms with E-state index >= 15 is 0 Å². The van der Waals surface area contributed by atoms with E-state index < -0.39 is 38.4 Å². The molecule has 3 atom stereocenters. The second-order valence-electron chi connectivity index (χ2n) is 9.49. The molecule has 0 amide bonds. The van der Waals surface area contributed by atoms with E-state index in [2.05, 4.69) is 33.9 Å². The van der Waals surface area contributed by atoms with Crippen molar-refractivity contribution in [1.82, 2.24) is 0 Å². The van der Waals surface area contributed by atoms with Crippen molar-refractivity contribution in [3.63, 3.8) is 0 Å². The summed E-state index contributed by atoms with van der Waals surface area (Å²) < 4.78 is 11.4. The first-order valence-corrected chi connectivity index (χ1v) is 13.3. The van der Waals surface area contributed by atoms with Crippen molar-refractivity contribution in [1.29, 1.82) is 0 Å². The van der Waals surface area contributed by atoms with Crippen LogP contribution in [0.2, 0.25) is 18.1 Å². The number of aliphatic hydroxyl groups excluding tert-OH is 1. The maximum Gasteiger partial charge on any atom is 0.342 e. The van der Waals surface area contributed by atoms with Gasteiger partial charge in [0.25, 0.3) is 0 Å². The molecule has 0 fully saturated rings. The minimum atomic E-state index is -2.23. The third kappa shape index (κ3) is 4.78. The first-order chi connectivity index (χ1) is 13.3. The Morgan fingerprint density at radius 2 is 1.83 bits per heavy atom. The minimum absolute atomic E-state index is 0.0252. The maximum atomic E-state index is 13.0. The molecule has 2 rings (SSSR count). The van der Waals surface area contributed by atoms with E-state index in [0.29, 0.717) is 12.8 Å². The van der Waals surface area contributed by atoms with Gasteiger partial charge in [-0.05, 0) is 37.0 Å². The van der Waals surface area contributed by atoms with Crippen molar-refractivity contribution < 1.29 is 28.7 Å². The highest BCUT2D eigenvalue weighted by Gasteiger charge is 2.46. The number of carbonyl (C=O) groups is 3. The molecule has 0 spiro atoms. The van der Waals surface area contributed by atoms with Gasteiger partial charge in [0.15, 0.2) is 14.1 Å². The molecule has 6 nitrogen and oxygen atoms in total. The quantitative estimate of drug-likeness (QED) is 0.320. The molecule has 0 aromatic carbocycles. The molecule has 162 valence electrons. The summed E-state index contributed by atoms with van der Waals surface area (Å²) in [4.78, 5) is 37.8. The molecule has 1 aliphatic heterocycles. The average Bonchev–Trinajstić information content (AvgIpc) is 2.89. The molecule has 1 N–H and O–H groups in total. The van der Waals surface area contributed by atoms with Crippen LogP contribution in [-0.4, -0.2) is 43.4 Å². The summed E-state index contributed by atoms with van der Waals surface area (Å²) in [6.45, 7) is 14.3. The van der Waals surface area contributed by atoms with E-state index in [1.165, 1.54) is 0 Å². The van der Waals surface area contributed by atoms with Gasteiger partial charge >= 0.3 is 11.9 Å². The Kier molecular flexibility index (Phi) is 7.08. The second-order valence-corrected chi connectivity index (χ2v) is 14.2.